The maximum absolute atomic E-state index is 12.7. The van der Waals surface area contributed by atoms with Crippen molar-refractivity contribution in [1.82, 2.24) is 4.98 Å². The molecule has 0 amide bonds. The largest absolute Gasteiger partial charge is 0.478 e. The van der Waals surface area contributed by atoms with E-state index in [-0.39, 0.29) is 15.5 Å². The average molecular weight is 281 g/mol. The molecule has 0 aliphatic heterocycles. The Kier molecular flexibility index (Phi) is 3.30. The molecule has 0 fully saturated rings. The Morgan fingerprint density at radius 3 is 2.21 bits per heavy atom. The Hall–Kier alpha value is -2.28. The fourth-order valence-corrected chi connectivity index (χ4v) is 2.59. The highest BCUT2D eigenvalue weighted by Crippen LogP contribution is 2.19. The van der Waals surface area contributed by atoms with Crippen LogP contribution in [-0.2, 0) is 9.84 Å². The number of hydrogen-bond acceptors (Lipinski definition) is 4. The van der Waals surface area contributed by atoms with Crippen molar-refractivity contribution in [3.63, 3.8) is 0 Å². The first-order chi connectivity index (χ1) is 8.91. The maximum atomic E-state index is 12.7. The van der Waals surface area contributed by atoms with Gasteiger partial charge in [-0.25, -0.2) is 22.6 Å². The number of pyridine rings is 1. The van der Waals surface area contributed by atoms with Crippen LogP contribution in [0.4, 0.5) is 4.39 Å². The lowest BCUT2D eigenvalue weighted by Gasteiger charge is -2.04. The molecule has 0 saturated heterocycles. The summed E-state index contributed by atoms with van der Waals surface area (Å²) in [4.78, 5) is 14.1. The summed E-state index contributed by atoms with van der Waals surface area (Å²) in [5, 5.41) is 8.43. The summed E-state index contributed by atoms with van der Waals surface area (Å²) >= 11 is 0. The highest BCUT2D eigenvalue weighted by atomic mass is 32.2. The SMILES string of the molecule is O=C(O)c1ccc(S(=O)(=O)c2ccc(F)cn2)cc1. The van der Waals surface area contributed by atoms with Gasteiger partial charge in [-0.15, -0.1) is 0 Å². The van der Waals surface area contributed by atoms with Gasteiger partial charge in [0.1, 0.15) is 5.82 Å². The standard InChI is InChI=1S/C12H8FNO4S/c13-9-3-6-11(14-7-9)19(17,18)10-4-1-8(2-5-10)12(15)16/h1-7H,(H,15,16). The molecule has 1 aromatic carbocycles. The number of aromatic nitrogens is 1. The van der Waals surface area contributed by atoms with Crippen LogP contribution in [0, 0.1) is 5.82 Å². The number of nitrogens with zero attached hydrogens (tertiary/aromatic N) is 1. The Bertz CT molecular complexity index is 708. The molecule has 0 saturated carbocycles. The number of halogens is 1. The zero-order valence-corrected chi connectivity index (χ0v) is 10.3. The minimum absolute atomic E-state index is 0.0222. The minimum Gasteiger partial charge on any atom is -0.478 e. The highest BCUT2D eigenvalue weighted by molar-refractivity contribution is 7.91. The molecule has 0 atom stereocenters. The third-order valence-electron chi connectivity index (χ3n) is 2.39. The molecule has 0 aliphatic carbocycles. The van der Waals surface area contributed by atoms with Crippen molar-refractivity contribution in [2.75, 3.05) is 0 Å². The zero-order valence-electron chi connectivity index (χ0n) is 9.45. The second-order valence-corrected chi connectivity index (χ2v) is 5.54. The number of rotatable bonds is 3. The van der Waals surface area contributed by atoms with Gasteiger partial charge in [-0.05, 0) is 36.4 Å². The van der Waals surface area contributed by atoms with Gasteiger partial charge in [0, 0.05) is 0 Å². The number of carbonyl (C=O) groups is 1. The third kappa shape index (κ3) is 2.60. The molecule has 19 heavy (non-hydrogen) atoms. The first kappa shape index (κ1) is 13.2. The number of hydrogen-bond donors (Lipinski definition) is 1. The molecule has 1 aromatic heterocycles. The molecular formula is C12H8FNO4S. The van der Waals surface area contributed by atoms with Crippen LogP contribution in [-0.4, -0.2) is 24.5 Å². The second kappa shape index (κ2) is 4.77. The van der Waals surface area contributed by atoms with Crippen molar-refractivity contribution in [3.05, 3.63) is 54.0 Å². The average Bonchev–Trinajstić information content (AvgIpc) is 2.39. The molecule has 5 nitrogen and oxygen atoms in total. The molecule has 7 heteroatoms. The summed E-state index contributed by atoms with van der Waals surface area (Å²) in [6.45, 7) is 0. The number of aromatic carboxylic acids is 1. The molecule has 1 N–H and O–H groups in total. The predicted octanol–water partition coefficient (Wildman–Crippen LogP) is 1.75. The Labute approximate surface area is 108 Å². The summed E-state index contributed by atoms with van der Waals surface area (Å²) in [6, 6.07) is 6.74. The van der Waals surface area contributed by atoms with Gasteiger partial charge in [-0.2, -0.15) is 0 Å². The van der Waals surface area contributed by atoms with Crippen LogP contribution in [0.15, 0.2) is 52.5 Å². The van der Waals surface area contributed by atoms with Crippen molar-refractivity contribution >= 4 is 15.8 Å². The van der Waals surface area contributed by atoms with Crippen molar-refractivity contribution < 1.29 is 22.7 Å². The van der Waals surface area contributed by atoms with Gasteiger partial charge in [-0.3, -0.25) is 0 Å². The first-order valence-electron chi connectivity index (χ1n) is 5.11. The minimum atomic E-state index is -3.87. The van der Waals surface area contributed by atoms with E-state index in [1.165, 1.54) is 24.3 Å². The molecular weight excluding hydrogens is 273 g/mol. The van der Waals surface area contributed by atoms with E-state index in [2.05, 4.69) is 4.98 Å². The lowest BCUT2D eigenvalue weighted by atomic mass is 10.2. The number of sulfone groups is 1. The van der Waals surface area contributed by atoms with Crippen LogP contribution in [0.2, 0.25) is 0 Å². The molecule has 2 rings (SSSR count). The molecule has 0 bridgehead atoms. The fourth-order valence-electron chi connectivity index (χ4n) is 1.42. The molecule has 0 unspecified atom stereocenters. The molecule has 1 heterocycles. The Balaban J connectivity index is 2.44. The lowest BCUT2D eigenvalue weighted by Crippen LogP contribution is -2.05. The van der Waals surface area contributed by atoms with E-state index >= 15 is 0 Å². The summed E-state index contributed by atoms with van der Waals surface area (Å²) in [7, 11) is -3.87. The highest BCUT2D eigenvalue weighted by Gasteiger charge is 2.19. The van der Waals surface area contributed by atoms with Gasteiger partial charge in [-0.1, -0.05) is 0 Å². The van der Waals surface area contributed by atoms with Crippen LogP contribution in [0.3, 0.4) is 0 Å². The van der Waals surface area contributed by atoms with Gasteiger partial charge < -0.3 is 5.11 Å². The van der Waals surface area contributed by atoms with Gasteiger partial charge in [0.05, 0.1) is 16.7 Å². The number of carboxylic acids is 1. The zero-order chi connectivity index (χ0) is 14.0. The number of carboxylic acid groups (broad SMARTS) is 1. The van der Waals surface area contributed by atoms with Crippen LogP contribution in [0.5, 0.6) is 0 Å². The normalized spacial score (nSPS) is 11.2. The van der Waals surface area contributed by atoms with E-state index in [1.54, 1.807) is 0 Å². The topological polar surface area (TPSA) is 84.3 Å². The van der Waals surface area contributed by atoms with E-state index in [9.17, 15) is 17.6 Å². The van der Waals surface area contributed by atoms with E-state index in [0.717, 1.165) is 18.3 Å². The van der Waals surface area contributed by atoms with Gasteiger partial charge in [0.2, 0.25) is 9.84 Å². The number of benzene rings is 1. The fraction of sp³-hybridized carbons (Fsp3) is 0. The summed E-state index contributed by atoms with van der Waals surface area (Å²) in [5.41, 5.74) is -0.0222. The van der Waals surface area contributed by atoms with E-state index in [1.807, 2.05) is 0 Å². The van der Waals surface area contributed by atoms with E-state index in [0.29, 0.717) is 0 Å². The predicted molar refractivity (Wildman–Crippen MR) is 63.0 cm³/mol. The van der Waals surface area contributed by atoms with Crippen LogP contribution >= 0.6 is 0 Å². The smallest absolute Gasteiger partial charge is 0.335 e. The lowest BCUT2D eigenvalue weighted by molar-refractivity contribution is 0.0696. The van der Waals surface area contributed by atoms with Crippen molar-refractivity contribution in [2.45, 2.75) is 9.92 Å². The first-order valence-corrected chi connectivity index (χ1v) is 6.59. The summed E-state index contributed by atoms with van der Waals surface area (Å²) in [5.74, 6) is -1.79. The van der Waals surface area contributed by atoms with E-state index < -0.39 is 21.6 Å². The Morgan fingerprint density at radius 2 is 1.74 bits per heavy atom. The molecule has 98 valence electrons. The Morgan fingerprint density at radius 1 is 1.11 bits per heavy atom. The second-order valence-electron chi connectivity index (χ2n) is 3.65. The van der Waals surface area contributed by atoms with Gasteiger partial charge >= 0.3 is 5.97 Å². The summed E-state index contributed by atoms with van der Waals surface area (Å²) < 4.78 is 36.9. The van der Waals surface area contributed by atoms with Crippen LogP contribution in [0.25, 0.3) is 0 Å². The van der Waals surface area contributed by atoms with E-state index in [4.69, 9.17) is 5.11 Å². The quantitative estimate of drug-likeness (QED) is 0.926. The van der Waals surface area contributed by atoms with Gasteiger partial charge in [0.15, 0.2) is 5.03 Å². The van der Waals surface area contributed by atoms with Crippen molar-refractivity contribution in [2.24, 2.45) is 0 Å². The van der Waals surface area contributed by atoms with Crippen molar-refractivity contribution in [1.29, 1.82) is 0 Å². The molecule has 0 aliphatic rings. The molecule has 0 radical (unpaired) electrons. The monoisotopic (exact) mass is 281 g/mol. The maximum Gasteiger partial charge on any atom is 0.335 e. The van der Waals surface area contributed by atoms with Crippen molar-refractivity contribution in [3.8, 4) is 0 Å². The van der Waals surface area contributed by atoms with Crippen LogP contribution < -0.4 is 0 Å². The molecule has 2 aromatic rings. The third-order valence-corrected chi connectivity index (χ3v) is 4.07. The van der Waals surface area contributed by atoms with Crippen LogP contribution in [0.1, 0.15) is 10.4 Å². The molecule has 0 spiro atoms. The van der Waals surface area contributed by atoms with Gasteiger partial charge in [0.25, 0.3) is 0 Å². The summed E-state index contributed by atoms with van der Waals surface area (Å²) in [6.07, 6.45) is 0.804.